The van der Waals surface area contributed by atoms with Crippen molar-refractivity contribution in [2.45, 2.75) is 38.5 Å². The second-order valence-corrected chi connectivity index (χ2v) is 13.7. The van der Waals surface area contributed by atoms with Crippen molar-refractivity contribution in [2.75, 3.05) is 115 Å². The second kappa shape index (κ2) is 83.5. The predicted molar refractivity (Wildman–Crippen MR) is 216 cm³/mol. The van der Waals surface area contributed by atoms with Crippen LogP contribution in [0, 0.1) is 0 Å². The van der Waals surface area contributed by atoms with Crippen LogP contribution in [0.5, 0.6) is 0 Å². The summed E-state index contributed by atoms with van der Waals surface area (Å²) in [7, 11) is 0. The normalized spacial score (nSPS) is 8.68. The molecule has 0 rings (SSSR count). The van der Waals surface area contributed by atoms with Crippen molar-refractivity contribution >= 4 is 121 Å². The van der Waals surface area contributed by atoms with Gasteiger partial charge in [-0.1, -0.05) is 0 Å². The lowest BCUT2D eigenvalue weighted by molar-refractivity contribution is 0.287. The van der Waals surface area contributed by atoms with E-state index in [1.807, 2.05) is 59.6 Å². The van der Waals surface area contributed by atoms with E-state index in [-0.39, 0.29) is 0 Å². The zero-order chi connectivity index (χ0) is 31.0. The van der Waals surface area contributed by atoms with Gasteiger partial charge in [-0.05, 0) is 123 Å². The van der Waals surface area contributed by atoms with Gasteiger partial charge in [0.1, 0.15) is 0 Å². The number of unbranched alkanes of at least 4 members (excludes halogenated alkanes) is 2. The third-order valence-electron chi connectivity index (χ3n) is 3.12. The van der Waals surface area contributed by atoms with Crippen molar-refractivity contribution in [3.05, 3.63) is 0 Å². The third kappa shape index (κ3) is 127. The van der Waals surface area contributed by atoms with Crippen LogP contribution in [0.4, 0.5) is 0 Å². The molecule has 0 aliphatic rings. The highest BCUT2D eigenvalue weighted by atomic mass is 32.2. The Hall–Kier alpha value is 3.38. The van der Waals surface area contributed by atoms with Gasteiger partial charge in [-0.15, -0.1) is 0 Å². The van der Waals surface area contributed by atoms with Crippen LogP contribution in [0.25, 0.3) is 0 Å². The molecule has 0 saturated carbocycles. The number of aliphatic hydroxyl groups excluding tert-OH is 3. The molecule has 0 aromatic rings. The van der Waals surface area contributed by atoms with Gasteiger partial charge in [-0.25, -0.2) is 0 Å². The summed E-state index contributed by atoms with van der Waals surface area (Å²) in [6.07, 6.45) is 21.0. The van der Waals surface area contributed by atoms with Gasteiger partial charge in [-0.2, -0.15) is 121 Å². The van der Waals surface area contributed by atoms with Crippen molar-refractivity contribution in [2.24, 2.45) is 0 Å². The van der Waals surface area contributed by atoms with E-state index in [4.69, 9.17) is 15.3 Å². The Morgan fingerprint density at radius 1 is 0.368 bits per heavy atom. The minimum absolute atomic E-state index is 0.307. The fraction of sp³-hybridized carbons (Fsp3) is 1.00. The minimum atomic E-state index is 0.307. The molecule has 0 radical (unpaired) electrons. The van der Waals surface area contributed by atoms with Gasteiger partial charge in [-0.3, -0.25) is 0 Å². The second-order valence-electron chi connectivity index (χ2n) is 6.42. The highest BCUT2D eigenvalue weighted by molar-refractivity contribution is 7.99. The molecule has 242 valence electrons. The summed E-state index contributed by atoms with van der Waals surface area (Å²) in [6.45, 7) is 0.989. The van der Waals surface area contributed by atoms with Gasteiger partial charge < -0.3 is 15.3 Å². The molecule has 0 heterocycles. The van der Waals surface area contributed by atoms with Crippen molar-refractivity contribution in [1.29, 1.82) is 0 Å². The van der Waals surface area contributed by atoms with Crippen LogP contribution in [-0.4, -0.2) is 131 Å². The maximum absolute atomic E-state index is 8.28. The molecule has 3 nitrogen and oxygen atoms in total. The van der Waals surface area contributed by atoms with Crippen LogP contribution in [-0.2, 0) is 0 Å². The first-order valence-corrected chi connectivity index (χ1v) is 23.7. The van der Waals surface area contributed by atoms with Gasteiger partial charge in [0.05, 0.1) is 6.61 Å². The molecule has 0 spiro atoms. The maximum atomic E-state index is 8.28. The largest absolute Gasteiger partial charge is 0.396 e. The van der Waals surface area contributed by atoms with E-state index >= 15 is 0 Å². The molecule has 0 amide bonds. The molecule has 13 heteroatoms. The van der Waals surface area contributed by atoms with E-state index in [2.05, 4.69) is 75.5 Å². The Balaban J connectivity index is -0.0000000601. The molecule has 0 saturated heterocycles. The molecule has 0 bridgehead atoms. The molecule has 0 aliphatic heterocycles. The average molecular weight is 733 g/mol. The molecule has 38 heavy (non-hydrogen) atoms. The van der Waals surface area contributed by atoms with Gasteiger partial charge >= 0.3 is 0 Å². The zero-order valence-electron chi connectivity index (χ0n) is 25.3. The molecule has 0 aromatic carbocycles. The summed E-state index contributed by atoms with van der Waals surface area (Å²) >= 11 is 26.5. The Labute approximate surface area is 287 Å². The number of aliphatic hydroxyl groups is 3. The third-order valence-corrected chi connectivity index (χ3v) is 8.27. The standard InChI is InChI=1S/C5H12OS.C5H12S2.C4H10OS.C4H10S2.C3H8OS.C3H8S2.CH4S/c2*1-7-5-3-2-4-6;2*1-6-4-2-3-5;2*1-5-3-2-4;1-2/h2*6H,2-5H2,1H3;2*5H,2-4H2,1H3;2*4H,2-3H2,1H3;2H,1H3. The molecule has 0 aromatic heterocycles. The highest BCUT2D eigenvalue weighted by Crippen LogP contribution is 1.99. The quantitative estimate of drug-likeness (QED) is 0.0567. The van der Waals surface area contributed by atoms with Crippen LogP contribution >= 0.6 is 121 Å². The minimum Gasteiger partial charge on any atom is -0.396 e. The zero-order valence-corrected chi connectivity index (χ0v) is 33.8. The number of hydrogen-bond acceptors (Lipinski definition) is 13. The topological polar surface area (TPSA) is 60.7 Å². The molecule has 0 aliphatic carbocycles. The number of rotatable bonds is 18. The van der Waals surface area contributed by atoms with Crippen molar-refractivity contribution < 1.29 is 15.3 Å². The van der Waals surface area contributed by atoms with E-state index in [1.54, 1.807) is 29.8 Å². The Morgan fingerprint density at radius 3 is 0.895 bits per heavy atom. The molecule has 0 unspecified atom stereocenters. The van der Waals surface area contributed by atoms with E-state index in [0.717, 1.165) is 48.0 Å². The first-order valence-electron chi connectivity index (χ1n) is 12.5. The lowest BCUT2D eigenvalue weighted by Gasteiger charge is -1.90. The van der Waals surface area contributed by atoms with E-state index in [1.165, 1.54) is 42.3 Å². The Morgan fingerprint density at radius 2 is 0.711 bits per heavy atom. The van der Waals surface area contributed by atoms with E-state index < -0.39 is 0 Å². The van der Waals surface area contributed by atoms with Crippen LogP contribution in [0.15, 0.2) is 0 Å². The first kappa shape index (κ1) is 57.1. The molecular weight excluding hydrogens is 669 g/mol. The summed E-state index contributed by atoms with van der Waals surface area (Å²) < 4.78 is 0. The van der Waals surface area contributed by atoms with E-state index in [9.17, 15) is 0 Å². The van der Waals surface area contributed by atoms with Gasteiger partial charge in [0.25, 0.3) is 0 Å². The Kier molecular flexibility index (Phi) is 125. The molecule has 3 N–H and O–H groups in total. The average Bonchev–Trinajstić information content (AvgIpc) is 2.95. The van der Waals surface area contributed by atoms with Crippen LogP contribution in [0.2, 0.25) is 0 Å². The van der Waals surface area contributed by atoms with Gasteiger partial charge in [0.15, 0.2) is 0 Å². The number of hydrogen-bond donors (Lipinski definition) is 7. The van der Waals surface area contributed by atoms with Crippen LogP contribution in [0.1, 0.15) is 38.5 Å². The van der Waals surface area contributed by atoms with Crippen LogP contribution < -0.4 is 0 Å². The maximum Gasteiger partial charge on any atom is 0.0521 e. The predicted octanol–water partition coefficient (Wildman–Crippen LogP) is 7.75. The number of thioether (sulfide) groups is 6. The molecule has 0 fully saturated rings. The van der Waals surface area contributed by atoms with Crippen molar-refractivity contribution in [3.8, 4) is 0 Å². The van der Waals surface area contributed by atoms with Crippen molar-refractivity contribution in [1.82, 2.24) is 0 Å². The highest BCUT2D eigenvalue weighted by Gasteiger charge is 1.81. The van der Waals surface area contributed by atoms with Gasteiger partial charge in [0.2, 0.25) is 0 Å². The smallest absolute Gasteiger partial charge is 0.0521 e. The summed E-state index contributed by atoms with van der Waals surface area (Å²) in [6, 6.07) is 0. The van der Waals surface area contributed by atoms with E-state index in [0.29, 0.717) is 19.8 Å². The SMILES string of the molecule is CS.CSCCCCO.CSCCCCS.CSCCCO.CSCCCS.CSCCO.CSCCS. The monoisotopic (exact) mass is 732 g/mol. The fourth-order valence-electron chi connectivity index (χ4n) is 1.32. The lowest BCUT2D eigenvalue weighted by atomic mass is 10.4. The number of thiol groups is 4. The Bertz CT molecular complexity index is 221. The fourth-order valence-corrected chi connectivity index (χ4v) is 4.66. The van der Waals surface area contributed by atoms with Gasteiger partial charge in [0, 0.05) is 24.7 Å². The summed E-state index contributed by atoms with van der Waals surface area (Å²) in [4.78, 5) is 0. The molecule has 0 atom stereocenters. The summed E-state index contributed by atoms with van der Waals surface area (Å²) in [5.41, 5.74) is 0. The molecular formula is C25H64O3S10. The summed E-state index contributed by atoms with van der Waals surface area (Å²) in [5.74, 6) is 9.91. The summed E-state index contributed by atoms with van der Waals surface area (Å²) in [5, 5.41) is 24.5. The van der Waals surface area contributed by atoms with Crippen LogP contribution in [0.3, 0.4) is 0 Å². The lowest BCUT2D eigenvalue weighted by Crippen LogP contribution is -1.83. The first-order chi connectivity index (χ1) is 18.5. The van der Waals surface area contributed by atoms with Crippen molar-refractivity contribution in [3.63, 3.8) is 0 Å².